The van der Waals surface area contributed by atoms with Gasteiger partial charge in [0.2, 0.25) is 47.1 Å². The maximum Gasteiger partial charge on any atom is 0.322 e. The molecule has 149 heavy (non-hydrogen) atoms. The number of nitrogens with one attached hydrogen (secondary N) is 13. The second-order valence-electron chi connectivity index (χ2n) is 34.4. The number of fused-ring (bicyclic) bond motifs is 1. The van der Waals surface area contributed by atoms with E-state index in [0.29, 0.717) is 168 Å². The number of amides is 11. The van der Waals surface area contributed by atoms with Crippen LogP contribution in [0.15, 0.2) is 111 Å². The molecule has 1 aromatic carbocycles. The number of anilines is 7. The molecule has 0 saturated carbocycles. The highest BCUT2D eigenvalue weighted by Gasteiger charge is 2.27. The van der Waals surface area contributed by atoms with Crippen LogP contribution in [0.3, 0.4) is 0 Å². The molecule has 1 aliphatic rings. The Morgan fingerprint density at radius 1 is 0.409 bits per heavy atom. The Hall–Kier alpha value is -15.2. The Morgan fingerprint density at radius 2 is 0.866 bits per heavy atom. The predicted molar refractivity (Wildman–Crippen MR) is 540 cm³/mol. The predicted octanol–water partition coefficient (Wildman–Crippen LogP) is 3.03. The van der Waals surface area contributed by atoms with E-state index >= 15 is 0 Å². The number of hydrogen-bond acceptors (Lipinski definition) is 33. The molecule has 0 spiro atoms. The highest BCUT2D eigenvalue weighted by atomic mass is 16.6. The van der Waals surface area contributed by atoms with E-state index in [-0.39, 0.29) is 159 Å². The largest absolute Gasteiger partial charge is 0.491 e. The number of aryl methyl sites for hydroxylation is 7. The van der Waals surface area contributed by atoms with E-state index in [1.807, 2.05) is 36.7 Å². The molecule has 11 amide bonds. The first-order valence-electron chi connectivity index (χ1n) is 48.9. The number of imidazole rings is 4. The van der Waals surface area contributed by atoms with Gasteiger partial charge in [-0.15, -0.1) is 0 Å². The molecule has 1 atom stereocenters. The van der Waals surface area contributed by atoms with Gasteiger partial charge in [-0.05, 0) is 67.6 Å². The molecule has 0 aliphatic carbocycles. The number of hydrogen-bond donors (Lipinski definition) is 13. The number of carbonyl (C=O) groups is 11. The minimum Gasteiger partial charge on any atom is -0.491 e. The monoisotopic (exact) mass is 2070 g/mol. The highest BCUT2D eigenvalue weighted by molar-refractivity contribution is 6.06. The SMILES string of the molecule is CC(C)c1cnn2c(NCc3ccc(OCCOCCOCCOCCOCCOCCOCCOCCOCCOCCOCCNC(=O)CCNC(=O)c4nc(NC(=O)c5cc(NC(=O)CCNC(=O)c6nc(NC(=O)CCCNC(=O)c7cc(NC(=O)c8nc(NC(=O)CCNC(=O)c9cc(NC(=O)c%10nccn%10C)cn9C)cn8C)cn7C)cn6C)cn5C)cn4C)cc3-n3cccn3)nc(OC3CCCNC3)nc12. The molecule has 53 nitrogen and oxygen atoms in total. The van der Waals surface area contributed by atoms with Gasteiger partial charge in [0.1, 0.15) is 35.5 Å². The summed E-state index contributed by atoms with van der Waals surface area (Å²) < 4.78 is 82.2. The van der Waals surface area contributed by atoms with Crippen LogP contribution in [-0.4, -0.2) is 337 Å². The molecule has 1 fully saturated rings. The zero-order chi connectivity index (χ0) is 106. The second-order valence-corrected chi connectivity index (χ2v) is 34.4. The molecule has 12 rings (SSSR count). The van der Waals surface area contributed by atoms with E-state index < -0.39 is 59.1 Å². The van der Waals surface area contributed by atoms with Crippen LogP contribution in [0.4, 0.5) is 40.5 Å². The highest BCUT2D eigenvalue weighted by Crippen LogP contribution is 2.28. The van der Waals surface area contributed by atoms with Crippen molar-refractivity contribution in [1.82, 2.24) is 113 Å². The Labute approximate surface area is 858 Å². The van der Waals surface area contributed by atoms with Crippen LogP contribution in [0.1, 0.15) is 150 Å². The Kier molecular flexibility index (Phi) is 44.5. The summed E-state index contributed by atoms with van der Waals surface area (Å²) in [5.41, 5.74) is 5.03. The van der Waals surface area contributed by atoms with Crippen LogP contribution in [0.5, 0.6) is 11.8 Å². The number of aromatic nitrogens is 17. The second kappa shape index (κ2) is 59.0. The number of rotatable bonds is 67. The summed E-state index contributed by atoms with van der Waals surface area (Å²) in [5.74, 6) is -3.93. The maximum atomic E-state index is 13.4. The Morgan fingerprint density at radius 3 is 1.36 bits per heavy atom. The Bertz CT molecular complexity index is 6220. The van der Waals surface area contributed by atoms with E-state index in [1.54, 1.807) is 81.7 Å². The average molecular weight is 2070 g/mol. The molecule has 1 unspecified atom stereocenters. The molecular formula is C96H132N30O23. The zero-order valence-electron chi connectivity index (χ0n) is 85.0. The fourth-order valence-electron chi connectivity index (χ4n) is 15.0. The van der Waals surface area contributed by atoms with Crippen molar-refractivity contribution in [2.24, 2.45) is 49.3 Å². The first-order valence-corrected chi connectivity index (χ1v) is 48.9. The van der Waals surface area contributed by atoms with Crippen LogP contribution < -0.4 is 78.6 Å². The van der Waals surface area contributed by atoms with Gasteiger partial charge >= 0.3 is 6.01 Å². The molecular weight excluding hydrogens is 1940 g/mol. The van der Waals surface area contributed by atoms with Crippen molar-refractivity contribution >= 4 is 111 Å². The summed E-state index contributed by atoms with van der Waals surface area (Å²) in [6.07, 6.45) is 19.3. The van der Waals surface area contributed by atoms with E-state index in [4.69, 9.17) is 66.8 Å². The molecule has 804 valence electrons. The van der Waals surface area contributed by atoms with Gasteiger partial charge in [0, 0.05) is 194 Å². The molecule has 53 heteroatoms. The van der Waals surface area contributed by atoms with Crippen LogP contribution in [0.2, 0.25) is 0 Å². The molecule has 0 radical (unpaired) electrons. The van der Waals surface area contributed by atoms with Crippen molar-refractivity contribution in [3.8, 4) is 17.4 Å². The third-order valence-electron chi connectivity index (χ3n) is 22.5. The van der Waals surface area contributed by atoms with Gasteiger partial charge in [-0.3, -0.25) is 52.7 Å². The summed E-state index contributed by atoms with van der Waals surface area (Å²) in [7, 11) is 11.2. The fourth-order valence-corrected chi connectivity index (χ4v) is 15.0. The van der Waals surface area contributed by atoms with Crippen molar-refractivity contribution in [2.75, 3.05) is 222 Å². The molecule has 11 heterocycles. The average Bonchev–Trinajstić information content (AvgIpc) is 1.64. The van der Waals surface area contributed by atoms with Gasteiger partial charge in [-0.1, -0.05) is 19.9 Å². The lowest BCUT2D eigenvalue weighted by Crippen LogP contribution is -2.37. The third kappa shape index (κ3) is 36.1. The van der Waals surface area contributed by atoms with Gasteiger partial charge in [0.25, 0.3) is 41.4 Å². The van der Waals surface area contributed by atoms with E-state index in [0.717, 1.165) is 42.7 Å². The van der Waals surface area contributed by atoms with Crippen molar-refractivity contribution in [2.45, 2.75) is 77.4 Å². The summed E-state index contributed by atoms with van der Waals surface area (Å²) in [6.45, 7) is 14.8. The quantitative estimate of drug-likeness (QED) is 0.0244. The molecule has 11 aromatic rings. The summed E-state index contributed by atoms with van der Waals surface area (Å²) >= 11 is 0. The van der Waals surface area contributed by atoms with E-state index in [2.05, 4.69) is 113 Å². The molecule has 1 aliphatic heterocycles. The lowest BCUT2D eigenvalue weighted by molar-refractivity contribution is -0.121. The summed E-state index contributed by atoms with van der Waals surface area (Å²) in [4.78, 5) is 169. The number of carbonyl (C=O) groups excluding carboxylic acids is 11. The van der Waals surface area contributed by atoms with Crippen LogP contribution >= 0.6 is 0 Å². The van der Waals surface area contributed by atoms with Gasteiger partial charge < -0.3 is 158 Å². The minimum atomic E-state index is -0.641. The topological polar surface area (TPSA) is 602 Å². The lowest BCUT2D eigenvalue weighted by Gasteiger charge is -2.23. The van der Waals surface area contributed by atoms with E-state index in [1.165, 1.54) is 82.8 Å². The molecule has 1 saturated heterocycles. The first kappa shape index (κ1) is 113. The van der Waals surface area contributed by atoms with Crippen molar-refractivity contribution < 1.29 is 110 Å². The van der Waals surface area contributed by atoms with Crippen LogP contribution in [-0.2, 0) is 122 Å². The molecule has 0 bridgehead atoms. The zero-order valence-corrected chi connectivity index (χ0v) is 85.0. The standard InChI is InChI=1S/C96H132N30O23/c1-64(2)71-57-106-126-83(71)116-96(149-70-13-10-20-97-56-70)117-95(126)104-55-65-15-16-69(54-72(65)125-28-12-22-105-125)148-50-49-147-48-47-146-46-45-145-44-43-144-42-41-143-40-39-142-38-37-141-36-35-140-34-33-139-32-31-138-30-27-98-79(127)17-23-102-92(135)86-114-78(63-123(86)8)115-90(133)75-51-66(58-121(75)6)107-81(129)18-25-103-91(134)85-112-76(61-122(85)7)110-80(128)14-11-21-100-88(131)73-53-68(60-119(73)4)109-94(137)87-113-77(62-124(87)9)111-82(130)19-24-101-89(132)74-52-67(59-120(74)5)108-93(136)84-99-26-29-118(84)3/h12,15-16,22,26,28-29,51-54,57-64,70,97H,10-11,13-14,17-21,23-25,27,30-50,55-56H2,1-9H3,(H,98,127)(H,100,131)(H,101,132)(H,102,135)(H,103,134)(H,107,129)(H,108,136)(H,109,137)(H,110,128)(H,111,130)(H,115,133)(H,104,116,117). The summed E-state index contributed by atoms with van der Waals surface area (Å²) in [5, 5.41) is 45.5. The van der Waals surface area contributed by atoms with E-state index in [9.17, 15) is 52.7 Å². The Balaban J connectivity index is 0.404. The molecule has 13 N–H and O–H groups in total. The minimum absolute atomic E-state index is 0.00371. The first-order chi connectivity index (χ1) is 72.2. The van der Waals surface area contributed by atoms with Gasteiger partial charge in [0.05, 0.1) is 161 Å². The van der Waals surface area contributed by atoms with Crippen molar-refractivity contribution in [1.29, 1.82) is 0 Å². The van der Waals surface area contributed by atoms with Crippen molar-refractivity contribution in [3.63, 3.8) is 0 Å². The third-order valence-corrected chi connectivity index (χ3v) is 22.5. The van der Waals surface area contributed by atoms with Gasteiger partial charge in [0.15, 0.2) is 28.9 Å². The number of ether oxygens (including phenoxy) is 12. The van der Waals surface area contributed by atoms with Crippen LogP contribution in [0, 0.1) is 0 Å². The number of nitrogens with zero attached hydrogens (tertiary/aromatic N) is 17. The van der Waals surface area contributed by atoms with Crippen molar-refractivity contribution in [3.05, 3.63) is 162 Å². The number of benzene rings is 1. The normalized spacial score (nSPS) is 12.4. The molecule has 10 aromatic heterocycles. The fraction of sp³-hybridized carbons (Fsp3) is 0.490. The number of piperidine rings is 1. The van der Waals surface area contributed by atoms with Gasteiger partial charge in [-0.25, -0.2) is 24.6 Å². The smallest absolute Gasteiger partial charge is 0.322 e. The van der Waals surface area contributed by atoms with Crippen LogP contribution in [0.25, 0.3) is 11.3 Å². The summed E-state index contributed by atoms with van der Waals surface area (Å²) in [6, 6.07) is 12.5. The lowest BCUT2D eigenvalue weighted by atomic mass is 10.1. The maximum absolute atomic E-state index is 13.4. The van der Waals surface area contributed by atoms with Gasteiger partial charge in [-0.2, -0.15) is 24.7 Å².